The van der Waals surface area contributed by atoms with E-state index >= 15 is 0 Å². The lowest BCUT2D eigenvalue weighted by atomic mass is 9.82. The Kier molecular flexibility index (Phi) is 4.12. The Morgan fingerprint density at radius 3 is 2.25 bits per heavy atom. The second-order valence-corrected chi connectivity index (χ2v) is 8.35. The van der Waals surface area contributed by atoms with Gasteiger partial charge in [0.25, 0.3) is 0 Å². The Bertz CT molecular complexity index is 823. The maximum atomic E-state index is 4.86. The van der Waals surface area contributed by atoms with E-state index in [1.807, 2.05) is 24.3 Å². The number of imidazole rings is 1. The molecular weight excluding hydrogens is 294 g/mol. The Hall–Kier alpha value is -2.29. The van der Waals surface area contributed by atoms with Crippen LogP contribution >= 0.6 is 0 Å². The Balaban J connectivity index is 2.09. The van der Waals surface area contributed by atoms with Crippen LogP contribution in [-0.4, -0.2) is 14.9 Å². The van der Waals surface area contributed by atoms with Crippen molar-refractivity contribution in [2.75, 3.05) is 5.32 Å². The van der Waals surface area contributed by atoms with Gasteiger partial charge in [-0.1, -0.05) is 57.2 Å². The van der Waals surface area contributed by atoms with Crippen LogP contribution < -0.4 is 5.32 Å². The largest absolute Gasteiger partial charge is 0.364 e. The zero-order valence-corrected chi connectivity index (χ0v) is 15.3. The molecule has 24 heavy (non-hydrogen) atoms. The van der Waals surface area contributed by atoms with E-state index in [0.29, 0.717) is 0 Å². The highest BCUT2D eigenvalue weighted by atomic mass is 15.2. The molecule has 0 aliphatic rings. The lowest BCUT2D eigenvalue weighted by Gasteiger charge is -2.34. The van der Waals surface area contributed by atoms with E-state index in [9.17, 15) is 0 Å². The van der Waals surface area contributed by atoms with Crippen LogP contribution in [0.1, 0.15) is 41.0 Å². The number of nitrogens with zero attached hydrogens (tertiary/aromatic N) is 2. The fourth-order valence-corrected chi connectivity index (χ4v) is 3.60. The van der Waals surface area contributed by atoms with Crippen LogP contribution in [0.4, 0.5) is 5.82 Å². The molecular formula is C21H27N3. The van der Waals surface area contributed by atoms with Crippen molar-refractivity contribution in [2.24, 2.45) is 5.41 Å². The number of benzene rings is 1. The Labute approximate surface area is 144 Å². The van der Waals surface area contributed by atoms with Gasteiger partial charge in [0.15, 0.2) is 0 Å². The summed E-state index contributed by atoms with van der Waals surface area (Å²) in [7, 11) is 0. The van der Waals surface area contributed by atoms with Crippen molar-refractivity contribution in [3.8, 4) is 11.3 Å². The molecule has 0 amide bonds. The first kappa shape index (κ1) is 16.6. The van der Waals surface area contributed by atoms with Crippen LogP contribution in [0, 0.1) is 5.41 Å². The fraction of sp³-hybridized carbons (Fsp3) is 0.381. The minimum atomic E-state index is -0.0341. The minimum absolute atomic E-state index is 0.0341. The van der Waals surface area contributed by atoms with Crippen LogP contribution in [0.15, 0.2) is 54.7 Å². The van der Waals surface area contributed by atoms with Crippen LogP contribution in [0.3, 0.4) is 0 Å². The summed E-state index contributed by atoms with van der Waals surface area (Å²) in [6, 6.07) is 16.5. The van der Waals surface area contributed by atoms with Crippen molar-refractivity contribution < 1.29 is 0 Å². The molecule has 0 saturated heterocycles. The van der Waals surface area contributed by atoms with Gasteiger partial charge in [0.2, 0.25) is 0 Å². The standard InChI is InChI=1S/C21H27N3/c1-20(2,3)15-21(4,5)23-19-18(16-11-7-6-8-12-16)22-17-13-9-10-14-24(17)19/h6-14,23H,15H2,1-5H3. The van der Waals surface area contributed by atoms with Crippen molar-refractivity contribution in [3.05, 3.63) is 54.7 Å². The second kappa shape index (κ2) is 5.97. The Morgan fingerprint density at radius 2 is 1.58 bits per heavy atom. The summed E-state index contributed by atoms with van der Waals surface area (Å²) >= 11 is 0. The molecule has 1 N–H and O–H groups in total. The Morgan fingerprint density at radius 1 is 0.917 bits per heavy atom. The molecule has 2 aromatic heterocycles. The molecule has 1 aromatic carbocycles. The minimum Gasteiger partial charge on any atom is -0.364 e. The van der Waals surface area contributed by atoms with Crippen LogP contribution in [0.25, 0.3) is 16.9 Å². The van der Waals surface area contributed by atoms with E-state index in [2.05, 4.69) is 74.8 Å². The zero-order chi connectivity index (χ0) is 17.4. The smallest absolute Gasteiger partial charge is 0.139 e. The molecule has 0 atom stereocenters. The van der Waals surface area contributed by atoms with Gasteiger partial charge in [-0.05, 0) is 37.8 Å². The number of hydrogen-bond donors (Lipinski definition) is 1. The zero-order valence-electron chi connectivity index (χ0n) is 15.3. The lowest BCUT2D eigenvalue weighted by Crippen LogP contribution is -2.36. The van der Waals surface area contributed by atoms with E-state index < -0.39 is 0 Å². The normalized spacial score (nSPS) is 12.5. The number of fused-ring (bicyclic) bond motifs is 1. The number of rotatable bonds is 4. The maximum absolute atomic E-state index is 4.86. The molecule has 0 spiro atoms. The van der Waals surface area contributed by atoms with E-state index in [1.54, 1.807) is 0 Å². The highest BCUT2D eigenvalue weighted by molar-refractivity contribution is 5.76. The molecule has 0 saturated carbocycles. The molecule has 0 radical (unpaired) electrons. The first-order valence-corrected chi connectivity index (χ1v) is 8.56. The van der Waals surface area contributed by atoms with E-state index in [-0.39, 0.29) is 11.0 Å². The van der Waals surface area contributed by atoms with Crippen LogP contribution in [-0.2, 0) is 0 Å². The number of nitrogens with one attached hydrogen (secondary N) is 1. The number of pyridine rings is 1. The number of anilines is 1. The van der Waals surface area contributed by atoms with Crippen LogP contribution in [0.2, 0.25) is 0 Å². The molecule has 2 heterocycles. The van der Waals surface area contributed by atoms with Gasteiger partial charge in [-0.25, -0.2) is 4.98 Å². The molecule has 3 heteroatoms. The average Bonchev–Trinajstić information content (AvgIpc) is 2.84. The van der Waals surface area contributed by atoms with Gasteiger partial charge in [-0.2, -0.15) is 0 Å². The van der Waals surface area contributed by atoms with Crippen molar-refractivity contribution in [1.82, 2.24) is 9.38 Å². The van der Waals surface area contributed by atoms with Gasteiger partial charge in [0.1, 0.15) is 17.2 Å². The summed E-state index contributed by atoms with van der Waals surface area (Å²) in [6.07, 6.45) is 3.14. The molecule has 3 rings (SSSR count). The van der Waals surface area contributed by atoms with E-state index in [4.69, 9.17) is 4.98 Å². The predicted molar refractivity (Wildman–Crippen MR) is 102 cm³/mol. The molecule has 0 aliphatic heterocycles. The third-order valence-corrected chi connectivity index (χ3v) is 4.01. The summed E-state index contributed by atoms with van der Waals surface area (Å²) in [5, 5.41) is 3.77. The van der Waals surface area contributed by atoms with Gasteiger partial charge >= 0.3 is 0 Å². The topological polar surface area (TPSA) is 29.3 Å². The molecule has 0 aliphatic carbocycles. The van der Waals surface area contributed by atoms with Gasteiger partial charge in [-0.15, -0.1) is 0 Å². The average molecular weight is 321 g/mol. The summed E-state index contributed by atoms with van der Waals surface area (Å²) in [6.45, 7) is 11.4. The molecule has 0 bridgehead atoms. The first-order chi connectivity index (χ1) is 11.3. The molecule has 0 unspecified atom stereocenters. The van der Waals surface area contributed by atoms with Gasteiger partial charge in [0.05, 0.1) is 0 Å². The summed E-state index contributed by atoms with van der Waals surface area (Å²) in [5.74, 6) is 1.06. The van der Waals surface area contributed by atoms with Gasteiger partial charge < -0.3 is 5.32 Å². The van der Waals surface area contributed by atoms with Crippen molar-refractivity contribution in [2.45, 2.75) is 46.6 Å². The quantitative estimate of drug-likeness (QED) is 0.675. The van der Waals surface area contributed by atoms with E-state index in [0.717, 1.165) is 29.1 Å². The third kappa shape index (κ3) is 3.61. The maximum Gasteiger partial charge on any atom is 0.139 e. The third-order valence-electron chi connectivity index (χ3n) is 4.01. The molecule has 3 aromatic rings. The van der Waals surface area contributed by atoms with Crippen molar-refractivity contribution >= 4 is 11.5 Å². The molecule has 3 nitrogen and oxygen atoms in total. The van der Waals surface area contributed by atoms with Gasteiger partial charge in [-0.3, -0.25) is 4.40 Å². The van der Waals surface area contributed by atoms with Crippen LogP contribution in [0.5, 0.6) is 0 Å². The summed E-state index contributed by atoms with van der Waals surface area (Å²) in [4.78, 5) is 4.86. The SMILES string of the molecule is CC(C)(C)CC(C)(C)Nc1c(-c2ccccc2)nc2ccccn12. The molecule has 126 valence electrons. The summed E-state index contributed by atoms with van der Waals surface area (Å²) in [5.41, 5.74) is 3.32. The second-order valence-electron chi connectivity index (χ2n) is 8.35. The highest BCUT2D eigenvalue weighted by Crippen LogP contribution is 2.34. The lowest BCUT2D eigenvalue weighted by molar-refractivity contribution is 0.302. The summed E-state index contributed by atoms with van der Waals surface area (Å²) < 4.78 is 2.15. The molecule has 0 fully saturated rings. The van der Waals surface area contributed by atoms with Crippen molar-refractivity contribution in [3.63, 3.8) is 0 Å². The first-order valence-electron chi connectivity index (χ1n) is 8.56. The number of hydrogen-bond acceptors (Lipinski definition) is 2. The van der Waals surface area contributed by atoms with E-state index in [1.165, 1.54) is 0 Å². The monoisotopic (exact) mass is 321 g/mol. The van der Waals surface area contributed by atoms with Gasteiger partial charge in [0, 0.05) is 17.3 Å². The highest BCUT2D eigenvalue weighted by Gasteiger charge is 2.27. The predicted octanol–water partition coefficient (Wildman–Crippen LogP) is 5.63. The fourth-order valence-electron chi connectivity index (χ4n) is 3.60. The number of aromatic nitrogens is 2. The van der Waals surface area contributed by atoms with Crippen molar-refractivity contribution in [1.29, 1.82) is 0 Å².